The molecule has 120 valence electrons. The van der Waals surface area contributed by atoms with E-state index < -0.39 is 30.2 Å². The predicted octanol–water partition coefficient (Wildman–Crippen LogP) is 4.95. The van der Waals surface area contributed by atoms with Crippen LogP contribution in [0.1, 0.15) is 5.56 Å². The number of amides is 1. The zero-order valence-electron chi connectivity index (χ0n) is 10.5. The highest BCUT2D eigenvalue weighted by molar-refractivity contribution is 6.55. The quantitative estimate of drug-likeness (QED) is 0.812. The van der Waals surface area contributed by atoms with Crippen molar-refractivity contribution in [2.45, 2.75) is 12.0 Å². The molecule has 0 radical (unpaired) electrons. The molecule has 1 aliphatic rings. The number of ether oxygens (including phenoxy) is 2. The molecule has 1 N–H and O–H groups in total. The predicted molar refractivity (Wildman–Crippen MR) is 75.0 cm³/mol. The molecule has 10 heteroatoms. The first-order valence-electron chi connectivity index (χ1n) is 5.67. The van der Waals surface area contributed by atoms with Gasteiger partial charge in [0.2, 0.25) is 0 Å². The lowest BCUT2D eigenvalue weighted by atomic mass is 10.0. The molecular weight excluding hydrogens is 369 g/mol. The van der Waals surface area contributed by atoms with E-state index in [4.69, 9.17) is 39.5 Å². The number of halogens is 6. The van der Waals surface area contributed by atoms with E-state index in [0.29, 0.717) is 0 Å². The molecule has 22 heavy (non-hydrogen) atoms. The van der Waals surface area contributed by atoms with Crippen molar-refractivity contribution in [3.63, 3.8) is 0 Å². The molecule has 0 fully saturated rings. The third-order valence-corrected chi connectivity index (χ3v) is 3.25. The van der Waals surface area contributed by atoms with Gasteiger partial charge in [0.1, 0.15) is 4.49 Å². The molecule has 1 atom stereocenters. The number of nitrogens with one attached hydrogen (secondary N) is 1. The van der Waals surface area contributed by atoms with Crippen LogP contribution < -0.4 is 5.32 Å². The van der Waals surface area contributed by atoms with Gasteiger partial charge in [0.05, 0.1) is 17.9 Å². The molecule has 0 saturated carbocycles. The standard InChI is InChI=1S/C12H7Cl3F3NO3/c13-6-1-2-8-7(5-6)11(12(16,17)18,22-10(20)19-8)21-4-3-9(14)15/h1-3,5H,4H2,(H,19,20). The summed E-state index contributed by atoms with van der Waals surface area (Å²) in [5, 5.41) is 2.16. The summed E-state index contributed by atoms with van der Waals surface area (Å²) in [5.74, 6) is -3.31. The van der Waals surface area contributed by atoms with Gasteiger partial charge >= 0.3 is 18.1 Å². The number of cyclic esters (lactones) is 1. The zero-order valence-corrected chi connectivity index (χ0v) is 12.8. The topological polar surface area (TPSA) is 47.6 Å². The lowest BCUT2D eigenvalue weighted by Gasteiger charge is -2.38. The lowest BCUT2D eigenvalue weighted by molar-refractivity contribution is -0.368. The average Bonchev–Trinajstić information content (AvgIpc) is 2.37. The Labute approximate surface area is 137 Å². The van der Waals surface area contributed by atoms with E-state index >= 15 is 0 Å². The highest BCUT2D eigenvalue weighted by Gasteiger charge is 2.64. The van der Waals surface area contributed by atoms with E-state index in [9.17, 15) is 18.0 Å². The van der Waals surface area contributed by atoms with Crippen LogP contribution in [0.2, 0.25) is 5.02 Å². The van der Waals surface area contributed by atoms with E-state index in [0.717, 1.165) is 12.1 Å². The van der Waals surface area contributed by atoms with E-state index in [1.54, 1.807) is 0 Å². The molecule has 1 amide bonds. The van der Waals surface area contributed by atoms with Crippen molar-refractivity contribution in [3.8, 4) is 0 Å². The third kappa shape index (κ3) is 3.27. The Morgan fingerprint density at radius 3 is 2.68 bits per heavy atom. The molecule has 1 unspecified atom stereocenters. The highest BCUT2D eigenvalue weighted by Crippen LogP contribution is 2.49. The second kappa shape index (κ2) is 6.16. The number of anilines is 1. The monoisotopic (exact) mass is 375 g/mol. The summed E-state index contributed by atoms with van der Waals surface area (Å²) in [4.78, 5) is 11.5. The zero-order chi connectivity index (χ0) is 16.5. The number of carbonyl (C=O) groups excluding carboxylic acids is 1. The maximum absolute atomic E-state index is 13.5. The first-order valence-corrected chi connectivity index (χ1v) is 6.81. The van der Waals surface area contributed by atoms with Crippen LogP contribution in [0.25, 0.3) is 0 Å². The molecule has 1 heterocycles. The maximum Gasteiger partial charge on any atom is 0.460 e. The van der Waals surface area contributed by atoms with Crippen molar-refractivity contribution in [1.82, 2.24) is 0 Å². The molecule has 1 aromatic carbocycles. The third-order valence-electron chi connectivity index (χ3n) is 2.71. The van der Waals surface area contributed by atoms with Crippen LogP contribution in [-0.4, -0.2) is 18.9 Å². The van der Waals surface area contributed by atoms with Crippen molar-refractivity contribution in [2.24, 2.45) is 0 Å². The Kier molecular flexibility index (Phi) is 4.81. The second-order valence-corrected chi connectivity index (χ2v) is 5.57. The SMILES string of the molecule is O=C1Nc2ccc(Cl)cc2C(OCC=C(Cl)Cl)(C(F)(F)F)O1. The van der Waals surface area contributed by atoms with Crippen LogP contribution in [0.3, 0.4) is 0 Å². The number of alkyl halides is 3. The van der Waals surface area contributed by atoms with Gasteiger partial charge in [-0.2, -0.15) is 13.2 Å². The van der Waals surface area contributed by atoms with Crippen molar-refractivity contribution in [2.75, 3.05) is 11.9 Å². The van der Waals surface area contributed by atoms with Crippen molar-refractivity contribution in [1.29, 1.82) is 0 Å². The summed E-state index contributed by atoms with van der Waals surface area (Å²) in [6, 6.07) is 3.53. The lowest BCUT2D eigenvalue weighted by Crippen LogP contribution is -2.52. The summed E-state index contributed by atoms with van der Waals surface area (Å²) in [7, 11) is 0. The van der Waals surface area contributed by atoms with Crippen LogP contribution in [0.15, 0.2) is 28.8 Å². The van der Waals surface area contributed by atoms with Gasteiger partial charge < -0.3 is 9.47 Å². The summed E-state index contributed by atoms with van der Waals surface area (Å²) < 4.78 is 49.6. The van der Waals surface area contributed by atoms with Gasteiger partial charge in [0, 0.05) is 5.02 Å². The van der Waals surface area contributed by atoms with Crippen LogP contribution in [0.5, 0.6) is 0 Å². The molecule has 0 aliphatic carbocycles. The first-order chi connectivity index (χ1) is 10.2. The number of carbonyl (C=O) groups is 1. The number of hydrogen-bond acceptors (Lipinski definition) is 3. The Balaban J connectivity index is 2.55. The normalized spacial score (nSPS) is 20.7. The van der Waals surface area contributed by atoms with E-state index in [1.807, 2.05) is 0 Å². The Hall–Kier alpha value is -1.15. The minimum Gasteiger partial charge on any atom is -0.402 e. The van der Waals surface area contributed by atoms with Crippen LogP contribution in [0, 0.1) is 0 Å². The van der Waals surface area contributed by atoms with Gasteiger partial charge in [-0.1, -0.05) is 34.8 Å². The fourth-order valence-electron chi connectivity index (χ4n) is 1.84. The van der Waals surface area contributed by atoms with E-state index in [-0.39, 0.29) is 15.2 Å². The summed E-state index contributed by atoms with van der Waals surface area (Å²) >= 11 is 16.4. The Bertz CT molecular complexity index is 632. The molecule has 1 aliphatic heterocycles. The molecule has 0 saturated heterocycles. The number of benzene rings is 1. The van der Waals surface area contributed by atoms with Gasteiger partial charge in [0.25, 0.3) is 0 Å². The van der Waals surface area contributed by atoms with Crippen molar-refractivity contribution in [3.05, 3.63) is 39.4 Å². The second-order valence-electron chi connectivity index (χ2n) is 4.12. The summed E-state index contributed by atoms with van der Waals surface area (Å²) in [5.41, 5.74) is -0.606. The number of rotatable bonds is 3. The molecule has 0 aromatic heterocycles. The van der Waals surface area contributed by atoms with Crippen LogP contribution in [-0.2, 0) is 15.3 Å². The van der Waals surface area contributed by atoms with Gasteiger partial charge in [-0.25, -0.2) is 4.79 Å². The molecule has 1 aromatic rings. The van der Waals surface area contributed by atoms with Crippen molar-refractivity contribution >= 4 is 46.6 Å². The smallest absolute Gasteiger partial charge is 0.402 e. The Morgan fingerprint density at radius 2 is 2.09 bits per heavy atom. The molecular formula is C12H7Cl3F3NO3. The first kappa shape index (κ1) is 17.2. The van der Waals surface area contributed by atoms with Gasteiger partial charge in [0.15, 0.2) is 0 Å². The van der Waals surface area contributed by atoms with Gasteiger partial charge in [-0.15, -0.1) is 0 Å². The Morgan fingerprint density at radius 1 is 1.41 bits per heavy atom. The van der Waals surface area contributed by atoms with Crippen LogP contribution >= 0.6 is 34.8 Å². The minimum absolute atomic E-state index is 0.0154. The highest BCUT2D eigenvalue weighted by atomic mass is 35.5. The average molecular weight is 377 g/mol. The minimum atomic E-state index is -5.06. The molecule has 2 rings (SSSR count). The molecule has 0 spiro atoms. The fourth-order valence-corrected chi connectivity index (χ4v) is 2.14. The van der Waals surface area contributed by atoms with E-state index in [1.165, 1.54) is 12.1 Å². The summed E-state index contributed by atoms with van der Waals surface area (Å²) in [6.07, 6.45) is -5.39. The van der Waals surface area contributed by atoms with E-state index in [2.05, 4.69) is 10.1 Å². The van der Waals surface area contributed by atoms with Gasteiger partial charge in [-0.3, -0.25) is 5.32 Å². The van der Waals surface area contributed by atoms with Gasteiger partial charge in [-0.05, 0) is 24.3 Å². The number of fused-ring (bicyclic) bond motifs is 1. The summed E-state index contributed by atoms with van der Waals surface area (Å²) in [6.45, 7) is -0.638. The molecule has 0 bridgehead atoms. The maximum atomic E-state index is 13.5. The number of hydrogen-bond donors (Lipinski definition) is 1. The largest absolute Gasteiger partial charge is 0.460 e. The van der Waals surface area contributed by atoms with Crippen LogP contribution in [0.4, 0.5) is 23.7 Å². The van der Waals surface area contributed by atoms with Crippen molar-refractivity contribution < 1.29 is 27.4 Å². The fraction of sp³-hybridized carbons (Fsp3) is 0.250. The molecule has 4 nitrogen and oxygen atoms in total.